The molecule has 1 amide bonds. The van der Waals surface area contributed by atoms with Gasteiger partial charge in [0.2, 0.25) is 0 Å². The predicted molar refractivity (Wildman–Crippen MR) is 84.3 cm³/mol. The first-order valence-corrected chi connectivity index (χ1v) is 7.29. The molecule has 0 radical (unpaired) electrons. The number of halogens is 1. The lowest BCUT2D eigenvalue weighted by Gasteiger charge is -2.13. The minimum Gasteiger partial charge on any atom is -0.483 e. The van der Waals surface area contributed by atoms with Gasteiger partial charge in [0.05, 0.1) is 0 Å². The van der Waals surface area contributed by atoms with Crippen LogP contribution in [0.1, 0.15) is 30.9 Å². The first-order valence-electron chi connectivity index (χ1n) is 7.29. The quantitative estimate of drug-likeness (QED) is 0.884. The standard InChI is InChI=1S/C18H20FNO2/c1-13(2)15-8-4-6-10-17(15)22-12-18(21)20-11-14-7-3-5-9-16(14)19/h3-10,13H,11-12H2,1-2H3,(H,20,21). The van der Waals surface area contributed by atoms with Crippen LogP contribution >= 0.6 is 0 Å². The van der Waals surface area contributed by atoms with Gasteiger partial charge in [-0.3, -0.25) is 4.79 Å². The molecule has 0 unspecified atom stereocenters. The topological polar surface area (TPSA) is 38.3 Å². The number of amides is 1. The second-order valence-corrected chi connectivity index (χ2v) is 5.35. The molecule has 0 aliphatic rings. The number of carbonyl (C=O) groups is 1. The summed E-state index contributed by atoms with van der Waals surface area (Å²) in [6, 6.07) is 14.0. The van der Waals surface area contributed by atoms with E-state index in [0.717, 1.165) is 5.56 Å². The molecule has 0 aromatic heterocycles. The van der Waals surface area contributed by atoms with Crippen molar-refractivity contribution in [2.45, 2.75) is 26.3 Å². The molecule has 1 N–H and O–H groups in total. The smallest absolute Gasteiger partial charge is 0.258 e. The predicted octanol–water partition coefficient (Wildman–Crippen LogP) is 3.64. The molecule has 0 aliphatic heterocycles. The fraction of sp³-hybridized carbons (Fsp3) is 0.278. The Kier molecular flexibility index (Phi) is 5.53. The van der Waals surface area contributed by atoms with Gasteiger partial charge in [-0.1, -0.05) is 50.2 Å². The van der Waals surface area contributed by atoms with Gasteiger partial charge in [-0.25, -0.2) is 4.39 Å². The van der Waals surface area contributed by atoms with Crippen molar-refractivity contribution in [1.29, 1.82) is 0 Å². The van der Waals surface area contributed by atoms with Gasteiger partial charge in [-0.2, -0.15) is 0 Å². The van der Waals surface area contributed by atoms with Gasteiger partial charge >= 0.3 is 0 Å². The van der Waals surface area contributed by atoms with Crippen LogP contribution in [0.5, 0.6) is 5.75 Å². The Labute approximate surface area is 130 Å². The van der Waals surface area contributed by atoms with Gasteiger partial charge in [0.15, 0.2) is 6.61 Å². The van der Waals surface area contributed by atoms with Crippen molar-refractivity contribution < 1.29 is 13.9 Å². The lowest BCUT2D eigenvalue weighted by Crippen LogP contribution is -2.28. The molecule has 0 spiro atoms. The molecule has 0 saturated heterocycles. The molecule has 2 aromatic carbocycles. The number of carbonyl (C=O) groups excluding carboxylic acids is 1. The summed E-state index contributed by atoms with van der Waals surface area (Å²) in [5, 5.41) is 2.65. The molecule has 0 fully saturated rings. The number of benzene rings is 2. The lowest BCUT2D eigenvalue weighted by molar-refractivity contribution is -0.123. The van der Waals surface area contributed by atoms with Crippen LogP contribution in [0.2, 0.25) is 0 Å². The monoisotopic (exact) mass is 301 g/mol. The Balaban J connectivity index is 1.87. The average molecular weight is 301 g/mol. The fourth-order valence-corrected chi connectivity index (χ4v) is 2.12. The number of rotatable bonds is 6. The first-order chi connectivity index (χ1) is 10.6. The van der Waals surface area contributed by atoms with Gasteiger partial charge in [0.1, 0.15) is 11.6 Å². The second-order valence-electron chi connectivity index (χ2n) is 5.35. The molecular weight excluding hydrogens is 281 g/mol. The van der Waals surface area contributed by atoms with Crippen LogP contribution in [0.15, 0.2) is 48.5 Å². The summed E-state index contributed by atoms with van der Waals surface area (Å²) in [6.45, 7) is 4.21. The maximum atomic E-state index is 13.5. The summed E-state index contributed by atoms with van der Waals surface area (Å²) < 4.78 is 19.0. The lowest BCUT2D eigenvalue weighted by atomic mass is 10.0. The number of ether oxygens (including phenoxy) is 1. The molecule has 0 bridgehead atoms. The van der Waals surface area contributed by atoms with Gasteiger partial charge < -0.3 is 10.1 Å². The van der Waals surface area contributed by atoms with Crippen LogP contribution in [0, 0.1) is 5.82 Å². The Morgan fingerprint density at radius 2 is 1.82 bits per heavy atom. The van der Waals surface area contributed by atoms with E-state index in [-0.39, 0.29) is 24.9 Å². The zero-order chi connectivity index (χ0) is 15.9. The van der Waals surface area contributed by atoms with Crippen molar-refractivity contribution in [1.82, 2.24) is 5.32 Å². The Hall–Kier alpha value is -2.36. The molecule has 0 heterocycles. The van der Waals surface area contributed by atoms with E-state index >= 15 is 0 Å². The van der Waals surface area contributed by atoms with Crippen molar-refractivity contribution in [2.75, 3.05) is 6.61 Å². The van der Waals surface area contributed by atoms with Crippen LogP contribution in [-0.4, -0.2) is 12.5 Å². The summed E-state index contributed by atoms with van der Waals surface area (Å²) in [7, 11) is 0. The van der Waals surface area contributed by atoms with Crippen molar-refractivity contribution in [3.05, 3.63) is 65.5 Å². The van der Waals surface area contributed by atoms with E-state index in [2.05, 4.69) is 19.2 Å². The summed E-state index contributed by atoms with van der Waals surface area (Å²) in [5.74, 6) is 0.423. The van der Waals surface area contributed by atoms with Gasteiger partial charge in [0.25, 0.3) is 5.91 Å². The molecule has 2 rings (SSSR count). The number of hydrogen-bond acceptors (Lipinski definition) is 2. The van der Waals surface area contributed by atoms with E-state index in [1.807, 2.05) is 24.3 Å². The Bertz CT molecular complexity index is 640. The van der Waals surface area contributed by atoms with E-state index in [9.17, 15) is 9.18 Å². The van der Waals surface area contributed by atoms with Crippen molar-refractivity contribution in [2.24, 2.45) is 0 Å². The maximum Gasteiger partial charge on any atom is 0.258 e. The Morgan fingerprint density at radius 3 is 2.55 bits per heavy atom. The molecule has 2 aromatic rings. The normalized spacial score (nSPS) is 10.5. The van der Waals surface area contributed by atoms with Gasteiger partial charge in [-0.05, 0) is 23.6 Å². The molecule has 0 saturated carbocycles. The highest BCUT2D eigenvalue weighted by molar-refractivity contribution is 5.77. The zero-order valence-electron chi connectivity index (χ0n) is 12.8. The van der Waals surface area contributed by atoms with Crippen LogP contribution in [-0.2, 0) is 11.3 Å². The third-order valence-electron chi connectivity index (χ3n) is 3.33. The molecule has 0 atom stereocenters. The fourth-order valence-electron chi connectivity index (χ4n) is 2.12. The van der Waals surface area contributed by atoms with Crippen LogP contribution in [0.3, 0.4) is 0 Å². The van der Waals surface area contributed by atoms with E-state index in [1.165, 1.54) is 6.07 Å². The molecule has 116 valence electrons. The SMILES string of the molecule is CC(C)c1ccccc1OCC(=O)NCc1ccccc1F. The van der Waals surface area contributed by atoms with Crippen molar-refractivity contribution in [3.63, 3.8) is 0 Å². The third kappa shape index (κ3) is 4.32. The molecule has 22 heavy (non-hydrogen) atoms. The molecular formula is C18H20FNO2. The van der Waals surface area contributed by atoms with Crippen LogP contribution in [0.4, 0.5) is 4.39 Å². The molecule has 4 heteroatoms. The molecule has 3 nitrogen and oxygen atoms in total. The maximum absolute atomic E-state index is 13.5. The van der Waals surface area contributed by atoms with Crippen molar-refractivity contribution >= 4 is 5.91 Å². The average Bonchev–Trinajstić information content (AvgIpc) is 2.52. The van der Waals surface area contributed by atoms with Crippen LogP contribution in [0.25, 0.3) is 0 Å². The van der Waals surface area contributed by atoms with E-state index in [0.29, 0.717) is 17.2 Å². The molecule has 0 aliphatic carbocycles. The zero-order valence-corrected chi connectivity index (χ0v) is 12.8. The van der Waals surface area contributed by atoms with Gasteiger partial charge in [-0.15, -0.1) is 0 Å². The highest BCUT2D eigenvalue weighted by atomic mass is 19.1. The largest absolute Gasteiger partial charge is 0.483 e. The summed E-state index contributed by atoms with van der Waals surface area (Å²) in [6.07, 6.45) is 0. The minimum atomic E-state index is -0.325. The highest BCUT2D eigenvalue weighted by Crippen LogP contribution is 2.25. The Morgan fingerprint density at radius 1 is 1.14 bits per heavy atom. The first kappa shape index (κ1) is 16.0. The summed E-state index contributed by atoms with van der Waals surface area (Å²) in [4.78, 5) is 11.8. The number of para-hydroxylation sites is 1. The van der Waals surface area contributed by atoms with Gasteiger partial charge in [0, 0.05) is 12.1 Å². The van der Waals surface area contributed by atoms with Crippen LogP contribution < -0.4 is 10.1 Å². The van der Waals surface area contributed by atoms with Crippen molar-refractivity contribution in [3.8, 4) is 5.75 Å². The third-order valence-corrected chi connectivity index (χ3v) is 3.33. The minimum absolute atomic E-state index is 0.0851. The number of hydrogen-bond donors (Lipinski definition) is 1. The summed E-state index contributed by atoms with van der Waals surface area (Å²) >= 11 is 0. The van der Waals surface area contributed by atoms with E-state index < -0.39 is 0 Å². The second kappa shape index (κ2) is 7.59. The van der Waals surface area contributed by atoms with E-state index in [1.54, 1.807) is 18.2 Å². The summed E-state index contributed by atoms with van der Waals surface area (Å²) in [5.41, 5.74) is 1.52. The van der Waals surface area contributed by atoms with E-state index in [4.69, 9.17) is 4.74 Å². The highest BCUT2D eigenvalue weighted by Gasteiger charge is 2.09. The number of nitrogens with one attached hydrogen (secondary N) is 1.